The van der Waals surface area contributed by atoms with E-state index < -0.39 is 5.54 Å². The molecule has 0 saturated carbocycles. The fourth-order valence-corrected chi connectivity index (χ4v) is 1.35. The van der Waals surface area contributed by atoms with E-state index in [0.29, 0.717) is 6.42 Å². The zero-order valence-electron chi connectivity index (χ0n) is 9.41. The van der Waals surface area contributed by atoms with Crippen LogP contribution < -0.4 is 5.32 Å². The van der Waals surface area contributed by atoms with Crippen LogP contribution in [-0.2, 0) is 9.53 Å². The minimum atomic E-state index is -0.657. The van der Waals surface area contributed by atoms with E-state index in [9.17, 15) is 4.79 Å². The van der Waals surface area contributed by atoms with Crippen molar-refractivity contribution in [1.82, 2.24) is 0 Å². The summed E-state index contributed by atoms with van der Waals surface area (Å²) in [7, 11) is 1.41. The molecule has 0 aliphatic heterocycles. The van der Waals surface area contributed by atoms with Gasteiger partial charge >= 0.3 is 5.97 Å². The summed E-state index contributed by atoms with van der Waals surface area (Å²) < 4.78 is 4.78. The van der Waals surface area contributed by atoms with Crippen molar-refractivity contribution in [3.05, 3.63) is 30.3 Å². The van der Waals surface area contributed by atoms with E-state index in [2.05, 4.69) is 5.32 Å². The maximum Gasteiger partial charge on any atom is 0.331 e. The fraction of sp³-hybridized carbons (Fsp3) is 0.417. The molecule has 0 saturated heterocycles. The smallest absolute Gasteiger partial charge is 0.331 e. The topological polar surface area (TPSA) is 38.3 Å². The SMILES string of the molecule is CCC(C)(Nc1ccccc1)C(=O)OC. The van der Waals surface area contributed by atoms with Crippen LogP contribution in [0, 0.1) is 0 Å². The highest BCUT2D eigenvalue weighted by Gasteiger charge is 2.31. The Morgan fingerprint density at radius 2 is 2.00 bits per heavy atom. The van der Waals surface area contributed by atoms with E-state index >= 15 is 0 Å². The normalized spacial score (nSPS) is 14.1. The lowest BCUT2D eigenvalue weighted by atomic mass is 9.98. The van der Waals surface area contributed by atoms with Crippen LogP contribution in [0.25, 0.3) is 0 Å². The molecule has 1 aromatic carbocycles. The summed E-state index contributed by atoms with van der Waals surface area (Å²) in [5, 5.41) is 3.18. The maximum absolute atomic E-state index is 11.6. The Morgan fingerprint density at radius 3 is 2.47 bits per heavy atom. The van der Waals surface area contributed by atoms with Gasteiger partial charge in [0.1, 0.15) is 5.54 Å². The van der Waals surface area contributed by atoms with Crippen molar-refractivity contribution in [2.24, 2.45) is 0 Å². The molecule has 0 aliphatic carbocycles. The standard InChI is InChI=1S/C12H17NO2/c1-4-12(2,11(14)15-3)13-10-8-6-5-7-9-10/h5-9,13H,4H2,1-3H3. The van der Waals surface area contributed by atoms with E-state index in [0.717, 1.165) is 5.69 Å². The van der Waals surface area contributed by atoms with Gasteiger partial charge in [-0.3, -0.25) is 0 Å². The summed E-state index contributed by atoms with van der Waals surface area (Å²) in [4.78, 5) is 11.6. The summed E-state index contributed by atoms with van der Waals surface area (Å²) in [5.41, 5.74) is 0.267. The summed E-state index contributed by atoms with van der Waals surface area (Å²) in [5.74, 6) is -0.242. The molecule has 1 atom stereocenters. The molecule has 82 valence electrons. The van der Waals surface area contributed by atoms with Crippen molar-refractivity contribution in [3.63, 3.8) is 0 Å². The molecule has 15 heavy (non-hydrogen) atoms. The van der Waals surface area contributed by atoms with Gasteiger partial charge in [0, 0.05) is 5.69 Å². The number of rotatable bonds is 4. The highest BCUT2D eigenvalue weighted by atomic mass is 16.5. The third kappa shape index (κ3) is 2.72. The highest BCUT2D eigenvalue weighted by Crippen LogP contribution is 2.19. The average Bonchev–Trinajstić information content (AvgIpc) is 2.29. The number of hydrogen-bond acceptors (Lipinski definition) is 3. The molecule has 1 aromatic rings. The second-order valence-electron chi connectivity index (χ2n) is 3.67. The lowest BCUT2D eigenvalue weighted by Gasteiger charge is -2.27. The molecule has 0 amide bonds. The molecule has 1 unspecified atom stereocenters. The number of esters is 1. The number of ether oxygens (including phenoxy) is 1. The fourth-order valence-electron chi connectivity index (χ4n) is 1.35. The van der Waals surface area contributed by atoms with Crippen molar-refractivity contribution in [2.75, 3.05) is 12.4 Å². The van der Waals surface area contributed by atoms with Gasteiger partial charge < -0.3 is 10.1 Å². The van der Waals surface area contributed by atoms with Crippen molar-refractivity contribution < 1.29 is 9.53 Å². The lowest BCUT2D eigenvalue weighted by molar-refractivity contribution is -0.145. The first-order valence-electron chi connectivity index (χ1n) is 5.04. The number of anilines is 1. The first kappa shape index (κ1) is 11.6. The molecule has 1 rings (SSSR count). The molecule has 0 radical (unpaired) electrons. The van der Waals surface area contributed by atoms with Crippen LogP contribution in [0.3, 0.4) is 0 Å². The number of hydrogen-bond donors (Lipinski definition) is 1. The Labute approximate surface area is 90.4 Å². The first-order valence-corrected chi connectivity index (χ1v) is 5.04. The van der Waals surface area contributed by atoms with E-state index in [-0.39, 0.29) is 5.97 Å². The van der Waals surface area contributed by atoms with Crippen LogP contribution >= 0.6 is 0 Å². The summed E-state index contributed by atoms with van der Waals surface area (Å²) >= 11 is 0. The lowest BCUT2D eigenvalue weighted by Crippen LogP contribution is -2.43. The Morgan fingerprint density at radius 1 is 1.40 bits per heavy atom. The average molecular weight is 207 g/mol. The number of para-hydroxylation sites is 1. The molecule has 0 fully saturated rings. The number of carbonyl (C=O) groups excluding carboxylic acids is 1. The summed E-state index contributed by atoms with van der Waals surface area (Å²) in [6.45, 7) is 3.79. The van der Waals surface area contributed by atoms with E-state index in [1.54, 1.807) is 0 Å². The van der Waals surface area contributed by atoms with Gasteiger partial charge in [0.25, 0.3) is 0 Å². The Balaban J connectivity index is 2.81. The molecule has 0 spiro atoms. The predicted octanol–water partition coefficient (Wildman–Crippen LogP) is 2.44. The van der Waals surface area contributed by atoms with Gasteiger partial charge in [-0.25, -0.2) is 4.79 Å². The minimum Gasteiger partial charge on any atom is -0.467 e. The molecular formula is C12H17NO2. The second-order valence-corrected chi connectivity index (χ2v) is 3.67. The molecule has 0 heterocycles. The number of methoxy groups -OCH3 is 1. The van der Waals surface area contributed by atoms with Crippen molar-refractivity contribution in [1.29, 1.82) is 0 Å². The van der Waals surface area contributed by atoms with Crippen LogP contribution in [0.4, 0.5) is 5.69 Å². The monoisotopic (exact) mass is 207 g/mol. The Hall–Kier alpha value is -1.51. The van der Waals surface area contributed by atoms with Gasteiger partial charge in [0.15, 0.2) is 0 Å². The van der Waals surface area contributed by atoms with Crippen LogP contribution in [0.15, 0.2) is 30.3 Å². The molecule has 0 aliphatic rings. The van der Waals surface area contributed by atoms with Crippen LogP contribution in [-0.4, -0.2) is 18.6 Å². The van der Waals surface area contributed by atoms with Crippen molar-refractivity contribution >= 4 is 11.7 Å². The molecular weight excluding hydrogens is 190 g/mol. The molecule has 0 bridgehead atoms. The zero-order valence-corrected chi connectivity index (χ0v) is 9.41. The van der Waals surface area contributed by atoms with Gasteiger partial charge in [-0.05, 0) is 25.5 Å². The Kier molecular flexibility index (Phi) is 3.72. The molecule has 3 heteroatoms. The Bertz CT molecular complexity index is 324. The van der Waals surface area contributed by atoms with Crippen LogP contribution in [0.1, 0.15) is 20.3 Å². The zero-order chi connectivity index (χ0) is 11.3. The minimum absolute atomic E-state index is 0.242. The third-order valence-corrected chi connectivity index (χ3v) is 2.54. The van der Waals surface area contributed by atoms with Gasteiger partial charge in [-0.1, -0.05) is 25.1 Å². The summed E-state index contributed by atoms with van der Waals surface area (Å²) in [6, 6.07) is 9.64. The number of nitrogens with one attached hydrogen (secondary N) is 1. The van der Waals surface area contributed by atoms with Gasteiger partial charge in [0.05, 0.1) is 7.11 Å². The third-order valence-electron chi connectivity index (χ3n) is 2.54. The largest absolute Gasteiger partial charge is 0.467 e. The number of benzene rings is 1. The van der Waals surface area contributed by atoms with Crippen LogP contribution in [0.2, 0.25) is 0 Å². The first-order chi connectivity index (χ1) is 7.12. The van der Waals surface area contributed by atoms with Crippen molar-refractivity contribution in [2.45, 2.75) is 25.8 Å². The van der Waals surface area contributed by atoms with Crippen molar-refractivity contribution in [3.8, 4) is 0 Å². The number of carbonyl (C=O) groups is 1. The predicted molar refractivity (Wildman–Crippen MR) is 60.8 cm³/mol. The van der Waals surface area contributed by atoms with Gasteiger partial charge in [-0.2, -0.15) is 0 Å². The van der Waals surface area contributed by atoms with E-state index in [1.807, 2.05) is 44.2 Å². The van der Waals surface area contributed by atoms with E-state index in [1.165, 1.54) is 7.11 Å². The van der Waals surface area contributed by atoms with Gasteiger partial charge in [0.2, 0.25) is 0 Å². The molecule has 3 nitrogen and oxygen atoms in total. The second kappa shape index (κ2) is 4.82. The highest BCUT2D eigenvalue weighted by molar-refractivity contribution is 5.83. The molecule has 0 aromatic heterocycles. The molecule has 1 N–H and O–H groups in total. The quantitative estimate of drug-likeness (QED) is 0.771. The summed E-state index contributed by atoms with van der Waals surface area (Å²) in [6.07, 6.45) is 0.675. The van der Waals surface area contributed by atoms with Gasteiger partial charge in [-0.15, -0.1) is 0 Å². The van der Waals surface area contributed by atoms with Crippen LogP contribution in [0.5, 0.6) is 0 Å². The maximum atomic E-state index is 11.6. The van der Waals surface area contributed by atoms with E-state index in [4.69, 9.17) is 4.74 Å².